The lowest BCUT2D eigenvalue weighted by Crippen LogP contribution is -2.40. The molecule has 0 saturated carbocycles. The van der Waals surface area contributed by atoms with Crippen molar-refractivity contribution in [2.75, 3.05) is 0 Å². The largest absolute Gasteiger partial charge is 0.139 e. The molecule has 0 aromatic heterocycles. The Kier molecular flexibility index (Phi) is 3.69. The molecule has 1 unspecified atom stereocenters. The number of allylic oxidation sites excluding steroid dienone is 1. The highest BCUT2D eigenvalue weighted by Gasteiger charge is 2.42. The van der Waals surface area contributed by atoms with E-state index in [2.05, 4.69) is 74.5 Å². The zero-order chi connectivity index (χ0) is 15.3. The van der Waals surface area contributed by atoms with Gasteiger partial charge < -0.3 is 0 Å². The van der Waals surface area contributed by atoms with Crippen LogP contribution in [0.2, 0.25) is 0 Å². The third-order valence-corrected chi connectivity index (χ3v) is 5.69. The number of hydrogen-bond donors (Lipinski definition) is 0. The maximum atomic E-state index is 2.47. The fraction of sp³-hybridized carbons (Fsp3) is 0.579. The Morgan fingerprint density at radius 1 is 1.20 bits per heavy atom. The highest BCUT2D eigenvalue weighted by atomic mass is 14.5. The summed E-state index contributed by atoms with van der Waals surface area (Å²) in [6, 6.07) is 4.92. The lowest BCUT2D eigenvalue weighted by Gasteiger charge is -2.47. The van der Waals surface area contributed by atoms with Gasteiger partial charge in [-0.15, -0.1) is 0 Å². The second-order valence-corrected chi connectivity index (χ2v) is 7.90. The summed E-state index contributed by atoms with van der Waals surface area (Å²) in [5.41, 5.74) is 7.89. The van der Waals surface area contributed by atoms with Crippen molar-refractivity contribution in [1.82, 2.24) is 0 Å². The van der Waals surface area contributed by atoms with Gasteiger partial charge in [-0.05, 0) is 59.3 Å². The smallest absolute Gasteiger partial charge is 0.0934 e. The minimum atomic E-state index is 0.265. The summed E-state index contributed by atoms with van der Waals surface area (Å²) in [4.78, 5) is 0. The molecule has 108 valence electrons. The van der Waals surface area contributed by atoms with Crippen molar-refractivity contribution in [1.29, 1.82) is 0 Å². The summed E-state index contributed by atoms with van der Waals surface area (Å²) in [6.45, 7) is 16.4. The van der Waals surface area contributed by atoms with Gasteiger partial charge in [0.1, 0.15) is 7.85 Å². The molecule has 20 heavy (non-hydrogen) atoms. The van der Waals surface area contributed by atoms with Gasteiger partial charge >= 0.3 is 0 Å². The van der Waals surface area contributed by atoms with Crippen LogP contribution in [0.4, 0.5) is 0 Å². The van der Waals surface area contributed by atoms with Crippen LogP contribution in [0.15, 0.2) is 18.2 Å². The molecule has 2 rings (SSSR count). The second kappa shape index (κ2) is 4.79. The van der Waals surface area contributed by atoms with Crippen LogP contribution in [0.1, 0.15) is 70.2 Å². The summed E-state index contributed by atoms with van der Waals surface area (Å²) < 4.78 is 0. The number of aryl methyl sites for hydroxylation is 1. The molecule has 0 bridgehead atoms. The second-order valence-electron chi connectivity index (χ2n) is 7.90. The van der Waals surface area contributed by atoms with E-state index in [1.807, 2.05) is 0 Å². The molecule has 1 heteroatoms. The van der Waals surface area contributed by atoms with E-state index in [0.717, 1.165) is 0 Å². The van der Waals surface area contributed by atoms with E-state index < -0.39 is 0 Å². The average molecular weight is 268 g/mol. The number of rotatable bonds is 1. The normalized spacial score (nSPS) is 24.4. The van der Waals surface area contributed by atoms with Gasteiger partial charge in [0.15, 0.2) is 0 Å². The third-order valence-electron chi connectivity index (χ3n) is 5.69. The monoisotopic (exact) mass is 268 g/mol. The van der Waals surface area contributed by atoms with Gasteiger partial charge in [-0.3, -0.25) is 0 Å². The van der Waals surface area contributed by atoms with E-state index in [-0.39, 0.29) is 10.8 Å². The minimum Gasteiger partial charge on any atom is -0.0934 e. The van der Waals surface area contributed by atoms with Crippen LogP contribution in [0, 0.1) is 12.8 Å². The van der Waals surface area contributed by atoms with Gasteiger partial charge in [-0.2, -0.15) is 0 Å². The molecule has 0 amide bonds. The molecule has 1 aromatic rings. The molecule has 1 atom stereocenters. The molecule has 1 aliphatic rings. The summed E-state index contributed by atoms with van der Waals surface area (Å²) >= 11 is 0. The maximum Gasteiger partial charge on any atom is 0.139 e. The van der Waals surface area contributed by atoms with Crippen molar-refractivity contribution < 1.29 is 0 Å². The van der Waals surface area contributed by atoms with Crippen LogP contribution in [0.25, 0.3) is 5.47 Å². The maximum absolute atomic E-state index is 2.47. The Morgan fingerprint density at radius 2 is 1.80 bits per heavy atom. The number of hydrogen-bond acceptors (Lipinski definition) is 0. The SMILES string of the molecule is B/C(=C/C)c1cc2c(cc1C)C(C)(C)CC(C)C2(C)C. The molecular weight excluding hydrogens is 239 g/mol. The van der Waals surface area contributed by atoms with Gasteiger partial charge in [0.2, 0.25) is 0 Å². The molecule has 0 fully saturated rings. The Balaban J connectivity index is 2.76. The van der Waals surface area contributed by atoms with Gasteiger partial charge in [0.05, 0.1) is 0 Å². The van der Waals surface area contributed by atoms with Crippen molar-refractivity contribution >= 4 is 13.3 Å². The molecule has 1 aliphatic carbocycles. The van der Waals surface area contributed by atoms with Gasteiger partial charge in [-0.25, -0.2) is 0 Å². The van der Waals surface area contributed by atoms with Crippen LogP contribution < -0.4 is 0 Å². The summed E-state index contributed by atoms with van der Waals surface area (Å²) in [5, 5.41) is 0. The molecule has 0 aliphatic heterocycles. The summed E-state index contributed by atoms with van der Waals surface area (Å²) in [5.74, 6) is 0.714. The Labute approximate surface area is 126 Å². The van der Waals surface area contributed by atoms with Crippen molar-refractivity contribution in [3.63, 3.8) is 0 Å². The lowest BCUT2D eigenvalue weighted by atomic mass is 9.57. The first-order valence-electron chi connectivity index (χ1n) is 7.90. The quantitative estimate of drug-likeness (QED) is 0.654. The minimum absolute atomic E-state index is 0.265. The van der Waals surface area contributed by atoms with E-state index in [4.69, 9.17) is 0 Å². The van der Waals surface area contributed by atoms with E-state index in [0.29, 0.717) is 5.92 Å². The van der Waals surface area contributed by atoms with E-state index >= 15 is 0 Å². The standard InChI is InChI=1S/C19H29B/c1-8-17(20)14-10-16-15(9-12(14)2)18(4,5)11-13(3)19(16,6)7/h8-10,13H,11,20H2,1-7H3/b17-8+. The summed E-state index contributed by atoms with van der Waals surface area (Å²) in [6.07, 6.45) is 3.49. The first-order chi connectivity index (χ1) is 9.11. The lowest BCUT2D eigenvalue weighted by molar-refractivity contribution is 0.233. The zero-order valence-electron chi connectivity index (χ0n) is 14.5. The first kappa shape index (κ1) is 15.4. The van der Waals surface area contributed by atoms with Gasteiger partial charge in [0, 0.05) is 0 Å². The zero-order valence-corrected chi connectivity index (χ0v) is 14.5. The Morgan fingerprint density at radius 3 is 2.35 bits per heavy atom. The van der Waals surface area contributed by atoms with Crippen LogP contribution in [0.5, 0.6) is 0 Å². The Hall–Kier alpha value is -0.975. The molecule has 0 N–H and O–H groups in total. The van der Waals surface area contributed by atoms with Gasteiger partial charge in [-0.1, -0.05) is 58.3 Å². The molecule has 0 saturated heterocycles. The van der Waals surface area contributed by atoms with E-state index in [9.17, 15) is 0 Å². The molecular formula is C19H29B. The fourth-order valence-corrected chi connectivity index (χ4v) is 3.78. The van der Waals surface area contributed by atoms with Crippen molar-refractivity contribution in [2.45, 2.75) is 65.7 Å². The average Bonchev–Trinajstić information content (AvgIpc) is 2.35. The van der Waals surface area contributed by atoms with Crippen LogP contribution >= 0.6 is 0 Å². The molecule has 0 heterocycles. The molecule has 1 aromatic carbocycles. The van der Waals surface area contributed by atoms with Crippen LogP contribution in [-0.4, -0.2) is 7.85 Å². The van der Waals surface area contributed by atoms with Crippen LogP contribution in [0.3, 0.4) is 0 Å². The highest BCUT2D eigenvalue weighted by molar-refractivity contribution is 6.42. The van der Waals surface area contributed by atoms with Crippen LogP contribution in [-0.2, 0) is 10.8 Å². The van der Waals surface area contributed by atoms with Crippen molar-refractivity contribution in [2.24, 2.45) is 5.92 Å². The third kappa shape index (κ3) is 2.26. The molecule has 0 nitrogen and oxygen atoms in total. The first-order valence-corrected chi connectivity index (χ1v) is 7.90. The Bertz CT molecular complexity index is 561. The number of benzene rings is 1. The summed E-state index contributed by atoms with van der Waals surface area (Å²) in [7, 11) is 2.22. The number of fused-ring (bicyclic) bond motifs is 1. The predicted octanol–water partition coefficient (Wildman–Crippen LogP) is 4.58. The predicted molar refractivity (Wildman–Crippen MR) is 93.2 cm³/mol. The van der Waals surface area contributed by atoms with E-state index in [1.165, 1.54) is 23.0 Å². The van der Waals surface area contributed by atoms with E-state index in [1.54, 1.807) is 11.1 Å². The van der Waals surface area contributed by atoms with Crippen molar-refractivity contribution in [3.8, 4) is 0 Å². The topological polar surface area (TPSA) is 0 Å². The molecule has 0 radical (unpaired) electrons. The van der Waals surface area contributed by atoms with Crippen molar-refractivity contribution in [3.05, 3.63) is 40.5 Å². The molecule has 0 spiro atoms. The fourth-order valence-electron chi connectivity index (χ4n) is 3.78. The van der Waals surface area contributed by atoms with Gasteiger partial charge in [0.25, 0.3) is 0 Å². The highest BCUT2D eigenvalue weighted by Crippen LogP contribution is 2.49.